The highest BCUT2D eigenvalue weighted by molar-refractivity contribution is 5.75. The van der Waals surface area contributed by atoms with Crippen molar-refractivity contribution < 1.29 is 9.53 Å². The molecule has 0 aliphatic heterocycles. The van der Waals surface area contributed by atoms with Crippen LogP contribution in [0, 0.1) is 0 Å². The lowest BCUT2D eigenvalue weighted by molar-refractivity contribution is -0.156. The van der Waals surface area contributed by atoms with Gasteiger partial charge in [0.05, 0.1) is 0 Å². The Hall–Kier alpha value is -0.830. The summed E-state index contributed by atoms with van der Waals surface area (Å²) in [6.45, 7) is 9.21. The first-order valence-corrected chi connectivity index (χ1v) is 5.96. The van der Waals surface area contributed by atoms with Gasteiger partial charge in [-0.1, -0.05) is 18.9 Å². The maximum atomic E-state index is 11.5. The second kappa shape index (κ2) is 7.44. The topological polar surface area (TPSA) is 52.3 Å². The fourth-order valence-corrected chi connectivity index (χ4v) is 1.33. The fraction of sp³-hybridized carbons (Fsp3) is 0.769. The Balaban J connectivity index is 3.67. The molecule has 0 aromatic carbocycles. The summed E-state index contributed by atoms with van der Waals surface area (Å²) in [7, 11) is 0. The van der Waals surface area contributed by atoms with E-state index < -0.39 is 11.6 Å². The normalized spacial score (nSPS) is 13.2. The second-order valence-electron chi connectivity index (χ2n) is 5.07. The van der Waals surface area contributed by atoms with Crippen LogP contribution in [0.2, 0.25) is 0 Å². The predicted molar refractivity (Wildman–Crippen MR) is 67.1 cm³/mol. The number of nitrogens with two attached hydrogens (primary N) is 1. The number of rotatable bonds is 7. The Morgan fingerprint density at radius 2 is 2.00 bits per heavy atom. The number of hydrogen-bond acceptors (Lipinski definition) is 3. The van der Waals surface area contributed by atoms with Gasteiger partial charge < -0.3 is 10.5 Å². The highest BCUT2D eigenvalue weighted by atomic mass is 16.6. The molecule has 0 fully saturated rings. The Morgan fingerprint density at radius 3 is 2.50 bits per heavy atom. The van der Waals surface area contributed by atoms with E-state index in [1.807, 2.05) is 26.8 Å². The molecule has 0 aliphatic rings. The second-order valence-corrected chi connectivity index (χ2v) is 5.07. The summed E-state index contributed by atoms with van der Waals surface area (Å²) in [6, 6.07) is -0.483. The first kappa shape index (κ1) is 15.2. The zero-order valence-corrected chi connectivity index (χ0v) is 10.8. The van der Waals surface area contributed by atoms with Crippen LogP contribution >= 0.6 is 0 Å². The van der Waals surface area contributed by atoms with Crippen molar-refractivity contribution in [1.82, 2.24) is 0 Å². The lowest BCUT2D eigenvalue weighted by atomic mass is 10.1. The summed E-state index contributed by atoms with van der Waals surface area (Å²) in [5.74, 6) is -0.295. The minimum absolute atomic E-state index is 0.295. The number of esters is 1. The number of hydrogen-bond donors (Lipinski definition) is 1. The standard InChI is InChI=1S/C13H25NO2/c1-5-6-7-8-9-10-11(14)12(15)16-13(2,3)4/h5,11H,1,6-10,14H2,2-4H3. The molecule has 0 radical (unpaired) electrons. The molecule has 0 aliphatic carbocycles. The van der Waals surface area contributed by atoms with Crippen molar-refractivity contribution in [3.8, 4) is 0 Å². The monoisotopic (exact) mass is 227 g/mol. The van der Waals surface area contributed by atoms with E-state index in [-0.39, 0.29) is 5.97 Å². The fourth-order valence-electron chi connectivity index (χ4n) is 1.33. The lowest BCUT2D eigenvalue weighted by Crippen LogP contribution is -2.37. The molecule has 1 atom stereocenters. The predicted octanol–water partition coefficient (Wildman–Crippen LogP) is 2.79. The average Bonchev–Trinajstić information content (AvgIpc) is 2.14. The van der Waals surface area contributed by atoms with Crippen molar-refractivity contribution >= 4 is 5.97 Å². The average molecular weight is 227 g/mol. The SMILES string of the molecule is C=CCCCCCC(N)C(=O)OC(C)(C)C. The van der Waals surface area contributed by atoms with Crippen molar-refractivity contribution in [3.63, 3.8) is 0 Å². The third-order valence-corrected chi connectivity index (χ3v) is 2.13. The van der Waals surface area contributed by atoms with Crippen LogP contribution in [0.1, 0.15) is 52.9 Å². The van der Waals surface area contributed by atoms with E-state index in [0.717, 1.165) is 25.7 Å². The van der Waals surface area contributed by atoms with Crippen LogP contribution in [0.5, 0.6) is 0 Å². The quantitative estimate of drug-likeness (QED) is 0.413. The third-order valence-electron chi connectivity index (χ3n) is 2.13. The summed E-state index contributed by atoms with van der Waals surface area (Å²) in [6.07, 6.45) is 6.81. The molecule has 0 saturated heterocycles. The van der Waals surface area contributed by atoms with Gasteiger partial charge in [0.2, 0.25) is 0 Å². The van der Waals surface area contributed by atoms with E-state index in [9.17, 15) is 4.79 Å². The van der Waals surface area contributed by atoms with E-state index in [4.69, 9.17) is 10.5 Å². The van der Waals surface area contributed by atoms with Crippen molar-refractivity contribution in [2.24, 2.45) is 5.73 Å². The summed E-state index contributed by atoms with van der Waals surface area (Å²) in [5, 5.41) is 0. The van der Waals surface area contributed by atoms with Gasteiger partial charge in [0.25, 0.3) is 0 Å². The van der Waals surface area contributed by atoms with Crippen molar-refractivity contribution in [3.05, 3.63) is 12.7 Å². The van der Waals surface area contributed by atoms with Crippen LogP contribution in [0.25, 0.3) is 0 Å². The first-order chi connectivity index (χ1) is 7.37. The molecule has 1 unspecified atom stereocenters. The molecule has 0 bridgehead atoms. The number of allylic oxidation sites excluding steroid dienone is 1. The van der Waals surface area contributed by atoms with E-state index in [2.05, 4.69) is 6.58 Å². The molecule has 0 amide bonds. The smallest absolute Gasteiger partial charge is 0.323 e. The first-order valence-electron chi connectivity index (χ1n) is 5.96. The molecule has 3 heteroatoms. The van der Waals surface area contributed by atoms with Gasteiger partial charge in [0.1, 0.15) is 11.6 Å². The molecular weight excluding hydrogens is 202 g/mol. The Morgan fingerprint density at radius 1 is 1.38 bits per heavy atom. The van der Waals surface area contributed by atoms with E-state index in [1.165, 1.54) is 0 Å². The molecule has 0 rings (SSSR count). The third kappa shape index (κ3) is 8.48. The van der Waals surface area contributed by atoms with Gasteiger partial charge >= 0.3 is 5.97 Å². The number of ether oxygens (including phenoxy) is 1. The number of carbonyl (C=O) groups is 1. The van der Waals surface area contributed by atoms with Gasteiger partial charge in [0, 0.05) is 0 Å². The summed E-state index contributed by atoms with van der Waals surface area (Å²) < 4.78 is 5.20. The van der Waals surface area contributed by atoms with E-state index in [0.29, 0.717) is 6.42 Å². The number of carbonyl (C=O) groups excluding carboxylic acids is 1. The molecule has 2 N–H and O–H groups in total. The van der Waals surface area contributed by atoms with Crippen LogP contribution in [0.15, 0.2) is 12.7 Å². The van der Waals surface area contributed by atoms with Crippen LogP contribution < -0.4 is 5.73 Å². The maximum Gasteiger partial charge on any atom is 0.323 e. The molecule has 16 heavy (non-hydrogen) atoms. The van der Waals surface area contributed by atoms with Gasteiger partial charge in [-0.3, -0.25) is 4.79 Å². The van der Waals surface area contributed by atoms with Crippen molar-refractivity contribution in [2.75, 3.05) is 0 Å². The Labute approximate surface area is 99.0 Å². The lowest BCUT2D eigenvalue weighted by Gasteiger charge is -2.22. The molecule has 94 valence electrons. The van der Waals surface area contributed by atoms with E-state index in [1.54, 1.807) is 0 Å². The van der Waals surface area contributed by atoms with Gasteiger partial charge in [-0.05, 0) is 40.0 Å². The molecule has 3 nitrogen and oxygen atoms in total. The molecule has 0 aromatic rings. The Kier molecular flexibility index (Phi) is 7.06. The minimum atomic E-state index is -0.483. The molecule has 0 saturated carbocycles. The van der Waals surface area contributed by atoms with E-state index >= 15 is 0 Å². The minimum Gasteiger partial charge on any atom is -0.459 e. The number of unbranched alkanes of at least 4 members (excludes halogenated alkanes) is 3. The van der Waals surface area contributed by atoms with Gasteiger partial charge in [-0.25, -0.2) is 0 Å². The van der Waals surface area contributed by atoms with Crippen LogP contribution in [0.4, 0.5) is 0 Å². The van der Waals surface area contributed by atoms with Crippen LogP contribution in [0.3, 0.4) is 0 Å². The molecule has 0 spiro atoms. The van der Waals surface area contributed by atoms with Crippen LogP contribution in [-0.4, -0.2) is 17.6 Å². The van der Waals surface area contributed by atoms with Crippen molar-refractivity contribution in [1.29, 1.82) is 0 Å². The largest absolute Gasteiger partial charge is 0.459 e. The highest BCUT2D eigenvalue weighted by Crippen LogP contribution is 2.11. The summed E-state index contributed by atoms with van der Waals surface area (Å²) >= 11 is 0. The van der Waals surface area contributed by atoms with Gasteiger partial charge in [-0.15, -0.1) is 6.58 Å². The molecular formula is C13H25NO2. The Bertz CT molecular complexity index is 218. The summed E-state index contributed by atoms with van der Waals surface area (Å²) in [4.78, 5) is 11.5. The molecule has 0 aromatic heterocycles. The highest BCUT2D eigenvalue weighted by Gasteiger charge is 2.21. The molecule has 0 heterocycles. The van der Waals surface area contributed by atoms with Crippen LogP contribution in [-0.2, 0) is 9.53 Å². The zero-order valence-electron chi connectivity index (χ0n) is 10.8. The summed E-state index contributed by atoms with van der Waals surface area (Å²) in [5.41, 5.74) is 5.30. The maximum absolute atomic E-state index is 11.5. The zero-order chi connectivity index (χ0) is 12.6. The van der Waals surface area contributed by atoms with Gasteiger partial charge in [-0.2, -0.15) is 0 Å². The van der Waals surface area contributed by atoms with Gasteiger partial charge in [0.15, 0.2) is 0 Å². The van der Waals surface area contributed by atoms with Crippen molar-refractivity contribution in [2.45, 2.75) is 64.5 Å².